The number of carboxylic acid groups (broad SMARTS) is 1. The number of thioether (sulfide) groups is 1. The zero-order valence-electron chi connectivity index (χ0n) is 21.1. The summed E-state index contributed by atoms with van der Waals surface area (Å²) in [4.78, 5) is 39.7. The summed E-state index contributed by atoms with van der Waals surface area (Å²) in [5.41, 5.74) is -2.09. The zero-order chi connectivity index (χ0) is 27.9. The maximum absolute atomic E-state index is 14.8. The number of fused-ring (bicyclic) bond motifs is 2. The fourth-order valence-corrected chi connectivity index (χ4v) is 6.81. The van der Waals surface area contributed by atoms with Crippen LogP contribution in [0, 0.1) is 0 Å². The molecule has 1 aromatic carbocycles. The average Bonchev–Trinajstić information content (AvgIpc) is 3.03. The highest BCUT2D eigenvalue weighted by atomic mass is 32.2. The smallest absolute Gasteiger partial charge is 0.417 e. The molecule has 202 valence electrons. The molecule has 12 heteroatoms. The first-order chi connectivity index (χ1) is 17.5. The van der Waals surface area contributed by atoms with Gasteiger partial charge in [0.2, 0.25) is 0 Å². The van der Waals surface area contributed by atoms with Gasteiger partial charge in [0.1, 0.15) is 16.4 Å². The minimum absolute atomic E-state index is 0.0935. The summed E-state index contributed by atoms with van der Waals surface area (Å²) in [7, 11) is 0. The predicted molar refractivity (Wildman–Crippen MR) is 142 cm³/mol. The van der Waals surface area contributed by atoms with Crippen LogP contribution in [0.3, 0.4) is 0 Å². The van der Waals surface area contributed by atoms with Crippen molar-refractivity contribution < 1.29 is 32.3 Å². The molecule has 7 nitrogen and oxygen atoms in total. The van der Waals surface area contributed by atoms with E-state index in [1.165, 1.54) is 6.07 Å². The largest absolute Gasteiger partial charge is 0.480 e. The average molecular weight is 567 g/mol. The maximum atomic E-state index is 14.8. The summed E-state index contributed by atoms with van der Waals surface area (Å²) in [6.07, 6.45) is -2.70. The quantitative estimate of drug-likeness (QED) is 0.306. The SMILES string of the molecule is CC1(C)CCN2CCC(C)(C)c3c2c1cc1c(C(F)(F)F)c(C=C2SC(=S)N(CC(=O)O)C2=O)c(=O)oc31. The molecule has 3 aliphatic rings. The van der Waals surface area contributed by atoms with Gasteiger partial charge in [-0.2, -0.15) is 13.2 Å². The third-order valence-corrected chi connectivity index (χ3v) is 9.04. The Morgan fingerprint density at radius 1 is 1.18 bits per heavy atom. The molecule has 38 heavy (non-hydrogen) atoms. The van der Waals surface area contributed by atoms with Crippen molar-refractivity contribution in [3.05, 3.63) is 43.6 Å². The highest BCUT2D eigenvalue weighted by molar-refractivity contribution is 8.26. The van der Waals surface area contributed by atoms with Crippen LogP contribution in [-0.2, 0) is 26.6 Å². The topological polar surface area (TPSA) is 91.1 Å². The molecule has 0 radical (unpaired) electrons. The second-order valence-corrected chi connectivity index (χ2v) is 12.8. The Balaban J connectivity index is 1.85. The number of thiocarbonyl (C=S) groups is 1. The lowest BCUT2D eigenvalue weighted by molar-refractivity contribution is -0.140. The number of nitrogens with zero attached hydrogens (tertiary/aromatic N) is 2. The van der Waals surface area contributed by atoms with Crippen molar-refractivity contribution in [2.24, 2.45) is 0 Å². The van der Waals surface area contributed by atoms with Gasteiger partial charge in [-0.05, 0) is 41.4 Å². The third-order valence-electron chi connectivity index (χ3n) is 7.67. The van der Waals surface area contributed by atoms with Crippen molar-refractivity contribution >= 4 is 62.9 Å². The van der Waals surface area contributed by atoms with Crippen LogP contribution in [0.15, 0.2) is 20.2 Å². The summed E-state index contributed by atoms with van der Waals surface area (Å²) in [5.74, 6) is -2.21. The Morgan fingerprint density at radius 2 is 1.82 bits per heavy atom. The molecule has 1 fully saturated rings. The Hall–Kier alpha value is -2.86. The number of benzene rings is 1. The number of alkyl halides is 3. The molecule has 4 heterocycles. The van der Waals surface area contributed by atoms with E-state index in [1.54, 1.807) is 0 Å². The number of aliphatic carboxylic acids is 1. The Kier molecular flexibility index (Phi) is 6.03. The second kappa shape index (κ2) is 8.57. The highest BCUT2D eigenvalue weighted by Crippen LogP contribution is 2.53. The van der Waals surface area contributed by atoms with E-state index >= 15 is 0 Å². The van der Waals surface area contributed by atoms with Crippen molar-refractivity contribution in [2.75, 3.05) is 24.5 Å². The molecule has 0 aliphatic carbocycles. The van der Waals surface area contributed by atoms with Crippen LogP contribution in [0.25, 0.3) is 17.0 Å². The van der Waals surface area contributed by atoms with Crippen LogP contribution < -0.4 is 10.5 Å². The van der Waals surface area contributed by atoms with E-state index < -0.39 is 52.2 Å². The summed E-state index contributed by atoms with van der Waals surface area (Å²) >= 11 is 5.69. The molecular weight excluding hydrogens is 541 g/mol. The fraction of sp³-hybridized carbons (Fsp3) is 0.462. The predicted octanol–water partition coefficient (Wildman–Crippen LogP) is 5.27. The molecule has 3 aliphatic heterocycles. The molecule has 0 saturated carbocycles. The standard InChI is InChI=1S/C26H25F3N2O5S2/c1-24(2)5-7-30-8-6-25(3,4)18-19(30)14(24)9-12-17(26(27,28)29)13(22(35)36-20(12)18)10-15-21(34)31(11-16(32)33)23(37)38-15/h9-10H,5-8,11H2,1-4H3,(H,32,33). The number of amides is 1. The van der Waals surface area contributed by atoms with Crippen LogP contribution in [0.4, 0.5) is 18.9 Å². The molecule has 0 unspecified atom stereocenters. The van der Waals surface area contributed by atoms with Gasteiger partial charge in [0, 0.05) is 29.7 Å². The first-order valence-electron chi connectivity index (χ1n) is 12.0. The molecule has 5 rings (SSSR count). The fourth-order valence-electron chi connectivity index (χ4n) is 5.58. The summed E-state index contributed by atoms with van der Waals surface area (Å²) in [5, 5.41) is 8.82. The van der Waals surface area contributed by atoms with Gasteiger partial charge in [0.05, 0.1) is 16.0 Å². The third kappa shape index (κ3) is 4.12. The maximum Gasteiger partial charge on any atom is 0.417 e. The number of carbonyl (C=O) groups excluding carboxylic acids is 1. The second-order valence-electron chi connectivity index (χ2n) is 11.1. The first kappa shape index (κ1) is 26.7. The Bertz CT molecular complexity index is 1520. The number of hydrogen-bond acceptors (Lipinski definition) is 7. The Morgan fingerprint density at radius 3 is 2.42 bits per heavy atom. The number of anilines is 1. The molecule has 1 saturated heterocycles. The normalized spacial score (nSPS) is 21.4. The summed E-state index contributed by atoms with van der Waals surface area (Å²) < 4.78 is 49.9. The van der Waals surface area contributed by atoms with E-state index in [4.69, 9.17) is 21.7 Å². The molecular formula is C26H25F3N2O5S2. The molecule has 2 aromatic rings. The van der Waals surface area contributed by atoms with Crippen LogP contribution in [0.1, 0.15) is 62.8 Å². The van der Waals surface area contributed by atoms with E-state index in [2.05, 4.69) is 4.90 Å². The van der Waals surface area contributed by atoms with Crippen LogP contribution in [0.5, 0.6) is 0 Å². The van der Waals surface area contributed by atoms with E-state index in [9.17, 15) is 27.6 Å². The van der Waals surface area contributed by atoms with Crippen LogP contribution in [0.2, 0.25) is 0 Å². The molecule has 0 spiro atoms. The lowest BCUT2D eigenvalue weighted by Gasteiger charge is -2.48. The number of carboxylic acids is 1. The van der Waals surface area contributed by atoms with Gasteiger partial charge >= 0.3 is 17.8 Å². The minimum atomic E-state index is -4.95. The molecule has 0 bridgehead atoms. The van der Waals surface area contributed by atoms with Gasteiger partial charge < -0.3 is 14.4 Å². The van der Waals surface area contributed by atoms with Crippen molar-refractivity contribution in [2.45, 2.75) is 57.5 Å². The zero-order valence-corrected chi connectivity index (χ0v) is 22.7. The summed E-state index contributed by atoms with van der Waals surface area (Å²) in [6.45, 7) is 8.63. The molecule has 1 N–H and O–H groups in total. The Labute approximate surface area is 225 Å². The first-order valence-corrected chi connectivity index (χ1v) is 13.2. The van der Waals surface area contributed by atoms with Crippen molar-refractivity contribution in [3.63, 3.8) is 0 Å². The van der Waals surface area contributed by atoms with Crippen molar-refractivity contribution in [1.82, 2.24) is 4.90 Å². The van der Waals surface area contributed by atoms with Gasteiger partial charge in [-0.15, -0.1) is 0 Å². The van der Waals surface area contributed by atoms with E-state index in [0.29, 0.717) is 23.7 Å². The van der Waals surface area contributed by atoms with Crippen molar-refractivity contribution in [3.8, 4) is 0 Å². The highest BCUT2D eigenvalue weighted by Gasteiger charge is 2.45. The molecule has 1 amide bonds. The van der Waals surface area contributed by atoms with Crippen LogP contribution in [-0.4, -0.2) is 45.8 Å². The number of halogens is 3. The lowest BCUT2D eigenvalue weighted by Crippen LogP contribution is -2.45. The summed E-state index contributed by atoms with van der Waals surface area (Å²) in [6, 6.07) is 1.49. The number of hydrogen-bond donors (Lipinski definition) is 1. The van der Waals surface area contributed by atoms with Crippen LogP contribution >= 0.6 is 24.0 Å². The van der Waals surface area contributed by atoms with E-state index in [-0.39, 0.29) is 20.2 Å². The minimum Gasteiger partial charge on any atom is -0.480 e. The number of rotatable bonds is 3. The van der Waals surface area contributed by atoms with Gasteiger partial charge in [0.25, 0.3) is 5.91 Å². The van der Waals surface area contributed by atoms with Gasteiger partial charge in [-0.25, -0.2) is 4.79 Å². The monoisotopic (exact) mass is 566 g/mol. The van der Waals surface area contributed by atoms with E-state index in [0.717, 1.165) is 41.7 Å². The van der Waals surface area contributed by atoms with Gasteiger partial charge in [-0.3, -0.25) is 14.5 Å². The number of carbonyl (C=O) groups is 2. The van der Waals surface area contributed by atoms with E-state index in [1.807, 2.05) is 27.7 Å². The van der Waals surface area contributed by atoms with Gasteiger partial charge in [0.15, 0.2) is 0 Å². The lowest BCUT2D eigenvalue weighted by atomic mass is 9.69. The molecule has 0 atom stereocenters. The van der Waals surface area contributed by atoms with Crippen molar-refractivity contribution in [1.29, 1.82) is 0 Å². The van der Waals surface area contributed by atoms with Gasteiger partial charge in [-0.1, -0.05) is 51.7 Å². The molecule has 1 aromatic heterocycles.